The molecule has 0 radical (unpaired) electrons. The van der Waals surface area contributed by atoms with Crippen LogP contribution in [0.1, 0.15) is 21.5 Å². The van der Waals surface area contributed by atoms with Gasteiger partial charge in [0.25, 0.3) is 5.91 Å². The lowest BCUT2D eigenvalue weighted by atomic mass is 9.98. The zero-order valence-corrected chi connectivity index (χ0v) is 22.7. The van der Waals surface area contributed by atoms with Gasteiger partial charge in [0, 0.05) is 12.0 Å². The second-order valence-electron chi connectivity index (χ2n) is 9.05. The van der Waals surface area contributed by atoms with E-state index in [0.717, 1.165) is 23.3 Å². The molecule has 0 aliphatic carbocycles. The summed E-state index contributed by atoms with van der Waals surface area (Å²) in [6.45, 7) is 0. The molecule has 0 unspecified atom stereocenters. The topological polar surface area (TPSA) is 84.9 Å². The molecule has 4 rings (SSSR count). The maximum Gasteiger partial charge on any atom is 0.416 e. The van der Waals surface area contributed by atoms with Crippen LogP contribution in [0.25, 0.3) is 22.3 Å². The Morgan fingerprint density at radius 1 is 0.854 bits per heavy atom. The van der Waals surface area contributed by atoms with E-state index in [4.69, 9.17) is 21.1 Å². The number of methoxy groups -OCH3 is 2. The van der Waals surface area contributed by atoms with Gasteiger partial charge in [-0.25, -0.2) is 4.79 Å². The van der Waals surface area contributed by atoms with Crippen molar-refractivity contribution in [3.63, 3.8) is 0 Å². The minimum atomic E-state index is -4.53. The lowest BCUT2D eigenvalue weighted by Crippen LogP contribution is -2.42. The maximum atomic E-state index is 13.5. The van der Waals surface area contributed by atoms with Crippen LogP contribution in [-0.4, -0.2) is 37.2 Å². The minimum absolute atomic E-state index is 0.0169. The number of alkyl halides is 3. The number of carbonyl (C=O) groups excluding carboxylic acids is 1. The quantitative estimate of drug-likeness (QED) is 0.219. The van der Waals surface area contributed by atoms with Crippen LogP contribution < -0.4 is 14.8 Å². The van der Waals surface area contributed by atoms with Gasteiger partial charge in [0.15, 0.2) is 5.75 Å². The number of ether oxygens (including phenoxy) is 2. The normalized spacial score (nSPS) is 12.0. The molecular weight excluding hydrogens is 559 g/mol. The molecule has 4 aromatic carbocycles. The summed E-state index contributed by atoms with van der Waals surface area (Å²) in [6.07, 6.45) is -4.55. The first-order chi connectivity index (χ1) is 19.5. The van der Waals surface area contributed by atoms with Gasteiger partial charge in [-0.3, -0.25) is 4.79 Å². The fraction of sp³-hybridized carbons (Fsp3) is 0.161. The lowest BCUT2D eigenvalue weighted by Gasteiger charge is -2.21. The average molecular weight is 584 g/mol. The summed E-state index contributed by atoms with van der Waals surface area (Å²) in [5.74, 6) is -2.23. The molecule has 6 nitrogen and oxygen atoms in total. The summed E-state index contributed by atoms with van der Waals surface area (Å²) in [6, 6.07) is 21.3. The van der Waals surface area contributed by atoms with Crippen molar-refractivity contribution >= 4 is 23.5 Å². The summed E-state index contributed by atoms with van der Waals surface area (Å²) in [4.78, 5) is 25.7. The van der Waals surface area contributed by atoms with E-state index in [0.29, 0.717) is 11.1 Å². The number of rotatable bonds is 9. The van der Waals surface area contributed by atoms with Crippen molar-refractivity contribution < 1.29 is 37.3 Å². The molecule has 0 aliphatic heterocycles. The van der Waals surface area contributed by atoms with Gasteiger partial charge in [-0.15, -0.1) is 0 Å². The molecule has 10 heteroatoms. The van der Waals surface area contributed by atoms with Crippen molar-refractivity contribution in [1.82, 2.24) is 5.32 Å². The monoisotopic (exact) mass is 583 g/mol. The van der Waals surface area contributed by atoms with Crippen molar-refractivity contribution in [3.8, 4) is 33.8 Å². The van der Waals surface area contributed by atoms with E-state index >= 15 is 0 Å². The molecule has 0 saturated heterocycles. The predicted molar refractivity (Wildman–Crippen MR) is 149 cm³/mol. The van der Waals surface area contributed by atoms with Gasteiger partial charge in [-0.1, -0.05) is 78.3 Å². The third-order valence-electron chi connectivity index (χ3n) is 6.45. The van der Waals surface area contributed by atoms with Crippen LogP contribution in [-0.2, 0) is 17.4 Å². The van der Waals surface area contributed by atoms with E-state index in [1.807, 2.05) is 42.5 Å². The Kier molecular flexibility index (Phi) is 8.88. The van der Waals surface area contributed by atoms with Crippen LogP contribution in [0.15, 0.2) is 84.9 Å². The van der Waals surface area contributed by atoms with Crippen LogP contribution >= 0.6 is 11.6 Å². The van der Waals surface area contributed by atoms with Gasteiger partial charge in [0.05, 0.1) is 24.8 Å². The van der Waals surface area contributed by atoms with E-state index in [2.05, 4.69) is 5.32 Å². The van der Waals surface area contributed by atoms with Crippen LogP contribution in [0.3, 0.4) is 0 Å². The molecule has 212 valence electrons. The summed E-state index contributed by atoms with van der Waals surface area (Å²) >= 11 is 6.40. The average Bonchev–Trinajstić information content (AvgIpc) is 2.96. The van der Waals surface area contributed by atoms with Gasteiger partial charge in [-0.2, -0.15) is 13.2 Å². The fourth-order valence-corrected chi connectivity index (χ4v) is 4.70. The largest absolute Gasteiger partial charge is 0.495 e. The number of hydrogen-bond acceptors (Lipinski definition) is 4. The molecule has 41 heavy (non-hydrogen) atoms. The highest BCUT2D eigenvalue weighted by Gasteiger charge is 2.31. The van der Waals surface area contributed by atoms with Crippen molar-refractivity contribution in [2.45, 2.75) is 18.6 Å². The number of halogens is 4. The summed E-state index contributed by atoms with van der Waals surface area (Å²) < 4.78 is 50.1. The number of aliphatic carboxylic acids is 1. The minimum Gasteiger partial charge on any atom is -0.495 e. The van der Waals surface area contributed by atoms with Gasteiger partial charge in [0.2, 0.25) is 0 Å². The third kappa shape index (κ3) is 6.63. The zero-order valence-electron chi connectivity index (χ0n) is 22.0. The zero-order chi connectivity index (χ0) is 29.7. The van der Waals surface area contributed by atoms with Crippen LogP contribution in [0.4, 0.5) is 13.2 Å². The van der Waals surface area contributed by atoms with E-state index in [1.165, 1.54) is 32.4 Å². The van der Waals surface area contributed by atoms with Crippen molar-refractivity contribution in [3.05, 3.63) is 107 Å². The predicted octanol–water partition coefficient (Wildman–Crippen LogP) is 7.14. The van der Waals surface area contributed by atoms with Gasteiger partial charge in [0.1, 0.15) is 17.4 Å². The molecule has 0 heterocycles. The van der Waals surface area contributed by atoms with E-state index in [1.54, 1.807) is 12.1 Å². The molecule has 0 aliphatic rings. The van der Waals surface area contributed by atoms with Crippen molar-refractivity contribution in [1.29, 1.82) is 0 Å². The highest BCUT2D eigenvalue weighted by molar-refractivity contribution is 6.33. The number of nitrogens with one attached hydrogen (secondary N) is 1. The van der Waals surface area contributed by atoms with Crippen LogP contribution in [0.5, 0.6) is 11.5 Å². The Balaban J connectivity index is 1.65. The second kappa shape index (κ2) is 12.3. The fourth-order valence-electron chi connectivity index (χ4n) is 4.42. The smallest absolute Gasteiger partial charge is 0.416 e. The molecular formula is C31H25ClF3NO5. The molecule has 2 N–H and O–H groups in total. The first-order valence-electron chi connectivity index (χ1n) is 12.3. The highest BCUT2D eigenvalue weighted by Crippen LogP contribution is 2.44. The standard InChI is InChI=1S/C31H25ClF3NO5/c1-40-27-23(21-12-14-22(15-13-21)31(33,34)35)17-24(32)28(41-2)26(27)29(37)36-25(30(38)39)16-18-8-10-20(11-9-18)19-6-4-3-5-7-19/h3-15,17,25H,16H2,1-2H3,(H,36,37)(H,38,39)/t25-/m0/s1. The molecule has 1 amide bonds. The van der Waals surface area contributed by atoms with Crippen molar-refractivity contribution in [2.24, 2.45) is 0 Å². The Hall–Kier alpha value is -4.50. The van der Waals surface area contributed by atoms with Gasteiger partial charge < -0.3 is 19.9 Å². The highest BCUT2D eigenvalue weighted by atomic mass is 35.5. The second-order valence-corrected chi connectivity index (χ2v) is 9.46. The Morgan fingerprint density at radius 3 is 1.95 bits per heavy atom. The molecule has 0 saturated carbocycles. The first kappa shape index (κ1) is 29.5. The SMILES string of the molecule is COc1c(Cl)cc(-c2ccc(C(F)(F)F)cc2)c(OC)c1C(=O)N[C@@H](Cc1ccc(-c2ccccc2)cc1)C(=O)O. The Morgan fingerprint density at radius 2 is 1.41 bits per heavy atom. The Labute approximate surface area is 239 Å². The molecule has 0 spiro atoms. The number of carboxylic acid groups (broad SMARTS) is 1. The molecule has 0 fully saturated rings. The number of carbonyl (C=O) groups is 2. The number of benzene rings is 4. The third-order valence-corrected chi connectivity index (χ3v) is 6.73. The van der Waals surface area contributed by atoms with Crippen LogP contribution in [0, 0.1) is 0 Å². The summed E-state index contributed by atoms with van der Waals surface area (Å²) in [5.41, 5.74) is 2.11. The van der Waals surface area contributed by atoms with Gasteiger partial charge >= 0.3 is 12.1 Å². The van der Waals surface area contributed by atoms with Crippen molar-refractivity contribution in [2.75, 3.05) is 14.2 Å². The number of amides is 1. The van der Waals surface area contributed by atoms with Crippen LogP contribution in [0.2, 0.25) is 5.02 Å². The first-order valence-corrected chi connectivity index (χ1v) is 12.7. The van der Waals surface area contributed by atoms with E-state index < -0.39 is 29.7 Å². The summed E-state index contributed by atoms with van der Waals surface area (Å²) in [7, 11) is 2.55. The Bertz CT molecular complexity index is 1540. The number of hydrogen-bond donors (Lipinski definition) is 2. The number of carboxylic acids is 1. The molecule has 0 bridgehead atoms. The summed E-state index contributed by atoms with van der Waals surface area (Å²) in [5, 5.41) is 12.4. The molecule has 1 atom stereocenters. The lowest BCUT2D eigenvalue weighted by molar-refractivity contribution is -0.139. The molecule has 4 aromatic rings. The maximum absolute atomic E-state index is 13.5. The van der Waals surface area contributed by atoms with Gasteiger partial charge in [-0.05, 0) is 40.5 Å². The van der Waals surface area contributed by atoms with E-state index in [-0.39, 0.29) is 34.1 Å². The molecule has 0 aromatic heterocycles. The van der Waals surface area contributed by atoms with E-state index in [9.17, 15) is 27.9 Å².